The lowest BCUT2D eigenvalue weighted by Crippen LogP contribution is -2.18. The van der Waals surface area contributed by atoms with Crippen LogP contribution in [0.25, 0.3) is 0 Å². The van der Waals surface area contributed by atoms with Crippen molar-refractivity contribution in [3.63, 3.8) is 0 Å². The van der Waals surface area contributed by atoms with Crippen molar-refractivity contribution in [2.24, 2.45) is 0 Å². The fraction of sp³-hybridized carbons (Fsp3) is 0.750. The number of rotatable bonds is 10. The summed E-state index contributed by atoms with van der Waals surface area (Å²) in [5.41, 5.74) is 1.21. The second-order valence-corrected chi connectivity index (χ2v) is 5.44. The van der Waals surface area contributed by atoms with Crippen molar-refractivity contribution in [2.75, 3.05) is 17.7 Å². The number of hydrogen-bond acceptors (Lipinski definition) is 4. The summed E-state index contributed by atoms with van der Waals surface area (Å²) in [6.07, 6.45) is 10.2. The van der Waals surface area contributed by atoms with E-state index in [-0.39, 0.29) is 0 Å². The molecule has 0 spiro atoms. The molecule has 0 aliphatic carbocycles. The molecule has 20 heavy (non-hydrogen) atoms. The molecule has 0 radical (unpaired) electrons. The summed E-state index contributed by atoms with van der Waals surface area (Å²) in [4.78, 5) is 8.74. The minimum atomic E-state index is 0.460. The Morgan fingerprint density at radius 3 is 2.45 bits per heavy atom. The molecule has 0 amide bonds. The highest BCUT2D eigenvalue weighted by molar-refractivity contribution is 5.57. The van der Waals surface area contributed by atoms with Crippen molar-refractivity contribution in [2.45, 2.75) is 71.8 Å². The third kappa shape index (κ3) is 5.35. The van der Waals surface area contributed by atoms with Crippen LogP contribution in [0.4, 0.5) is 11.6 Å². The fourth-order valence-corrected chi connectivity index (χ4v) is 2.42. The fourth-order valence-electron chi connectivity index (χ4n) is 2.42. The Kier molecular flexibility index (Phi) is 8.00. The van der Waals surface area contributed by atoms with Gasteiger partial charge in [0, 0.05) is 18.7 Å². The third-order valence-corrected chi connectivity index (χ3v) is 3.56. The first-order valence-corrected chi connectivity index (χ1v) is 8.01. The van der Waals surface area contributed by atoms with Crippen molar-refractivity contribution in [1.82, 2.24) is 9.97 Å². The standard InChI is InChI=1S/C16H30N4/c1-5-7-8-9-11-13(3)20-16-14(10-6-2)15(17-4)18-12-19-16/h12-13H,5-11H2,1-4H3,(H2,17,18,19,20). The third-order valence-electron chi connectivity index (χ3n) is 3.56. The van der Waals surface area contributed by atoms with Gasteiger partial charge in [-0.25, -0.2) is 9.97 Å². The summed E-state index contributed by atoms with van der Waals surface area (Å²) < 4.78 is 0. The Morgan fingerprint density at radius 1 is 1.05 bits per heavy atom. The lowest BCUT2D eigenvalue weighted by atomic mass is 10.1. The number of nitrogens with zero attached hydrogens (tertiary/aromatic N) is 2. The van der Waals surface area contributed by atoms with E-state index >= 15 is 0 Å². The zero-order valence-electron chi connectivity index (χ0n) is 13.5. The van der Waals surface area contributed by atoms with Crippen LogP contribution >= 0.6 is 0 Å². The highest BCUT2D eigenvalue weighted by Gasteiger charge is 2.11. The van der Waals surface area contributed by atoms with E-state index in [1.165, 1.54) is 37.7 Å². The number of hydrogen-bond donors (Lipinski definition) is 2. The summed E-state index contributed by atoms with van der Waals surface area (Å²) in [7, 11) is 1.92. The molecule has 4 heteroatoms. The summed E-state index contributed by atoms with van der Waals surface area (Å²) in [5, 5.41) is 6.72. The first-order chi connectivity index (χ1) is 9.72. The summed E-state index contributed by atoms with van der Waals surface area (Å²) in [5.74, 6) is 1.94. The predicted molar refractivity (Wildman–Crippen MR) is 87.4 cm³/mol. The summed E-state index contributed by atoms with van der Waals surface area (Å²) in [6.45, 7) is 6.67. The lowest BCUT2D eigenvalue weighted by Gasteiger charge is -2.18. The first-order valence-electron chi connectivity index (χ1n) is 8.01. The number of aromatic nitrogens is 2. The van der Waals surface area contributed by atoms with Crippen molar-refractivity contribution < 1.29 is 0 Å². The summed E-state index contributed by atoms with van der Waals surface area (Å²) in [6, 6.07) is 0.460. The van der Waals surface area contributed by atoms with Gasteiger partial charge in [0.1, 0.15) is 18.0 Å². The van der Waals surface area contributed by atoms with E-state index in [4.69, 9.17) is 0 Å². The highest BCUT2D eigenvalue weighted by Crippen LogP contribution is 2.22. The van der Waals surface area contributed by atoms with E-state index < -0.39 is 0 Å². The molecule has 1 rings (SSSR count). The second kappa shape index (κ2) is 9.56. The number of nitrogens with one attached hydrogen (secondary N) is 2. The molecule has 1 unspecified atom stereocenters. The molecule has 1 atom stereocenters. The topological polar surface area (TPSA) is 49.8 Å². The monoisotopic (exact) mass is 278 g/mol. The Morgan fingerprint density at radius 2 is 1.80 bits per heavy atom. The first kappa shape index (κ1) is 16.7. The Bertz CT molecular complexity index is 379. The molecule has 0 aliphatic rings. The zero-order chi connectivity index (χ0) is 14.8. The molecule has 0 saturated carbocycles. The van der Waals surface area contributed by atoms with Gasteiger partial charge in [-0.05, 0) is 19.8 Å². The molecule has 0 fully saturated rings. The van der Waals surface area contributed by atoms with Gasteiger partial charge in [-0.3, -0.25) is 0 Å². The van der Waals surface area contributed by atoms with Crippen LogP contribution in [0.3, 0.4) is 0 Å². The maximum Gasteiger partial charge on any atom is 0.134 e. The van der Waals surface area contributed by atoms with Crippen LogP contribution in [0.15, 0.2) is 6.33 Å². The highest BCUT2D eigenvalue weighted by atomic mass is 15.1. The molecule has 1 heterocycles. The molecule has 0 bridgehead atoms. The molecule has 0 aliphatic heterocycles. The quantitative estimate of drug-likeness (QED) is 0.628. The van der Waals surface area contributed by atoms with E-state index in [1.807, 2.05) is 7.05 Å². The normalized spacial score (nSPS) is 12.2. The van der Waals surface area contributed by atoms with Crippen molar-refractivity contribution in [3.05, 3.63) is 11.9 Å². The van der Waals surface area contributed by atoms with Gasteiger partial charge >= 0.3 is 0 Å². The molecular weight excluding hydrogens is 248 g/mol. The van der Waals surface area contributed by atoms with Gasteiger partial charge in [-0.1, -0.05) is 46.0 Å². The van der Waals surface area contributed by atoms with E-state index in [1.54, 1.807) is 6.33 Å². The molecular formula is C16H30N4. The van der Waals surface area contributed by atoms with E-state index in [2.05, 4.69) is 41.4 Å². The van der Waals surface area contributed by atoms with Gasteiger partial charge in [0.2, 0.25) is 0 Å². The van der Waals surface area contributed by atoms with E-state index in [9.17, 15) is 0 Å². The molecule has 4 nitrogen and oxygen atoms in total. The van der Waals surface area contributed by atoms with Crippen LogP contribution in [0.1, 0.15) is 64.9 Å². The van der Waals surface area contributed by atoms with Crippen LogP contribution < -0.4 is 10.6 Å². The van der Waals surface area contributed by atoms with Crippen molar-refractivity contribution >= 4 is 11.6 Å². The number of anilines is 2. The zero-order valence-corrected chi connectivity index (χ0v) is 13.5. The molecule has 0 aromatic carbocycles. The van der Waals surface area contributed by atoms with Gasteiger partial charge in [0.05, 0.1) is 0 Å². The number of unbranched alkanes of at least 4 members (excludes halogenated alkanes) is 3. The van der Waals surface area contributed by atoms with Gasteiger partial charge in [-0.15, -0.1) is 0 Å². The van der Waals surface area contributed by atoms with Crippen molar-refractivity contribution in [3.8, 4) is 0 Å². The maximum atomic E-state index is 4.43. The minimum Gasteiger partial charge on any atom is -0.373 e. The van der Waals surface area contributed by atoms with Gasteiger partial charge < -0.3 is 10.6 Å². The van der Waals surface area contributed by atoms with Gasteiger partial charge in [0.25, 0.3) is 0 Å². The maximum absolute atomic E-state index is 4.43. The van der Waals surface area contributed by atoms with E-state index in [0.717, 1.165) is 24.5 Å². The van der Waals surface area contributed by atoms with Crippen LogP contribution in [0, 0.1) is 0 Å². The Labute approximate surface area is 123 Å². The van der Waals surface area contributed by atoms with Gasteiger partial charge in [-0.2, -0.15) is 0 Å². The SMILES string of the molecule is CCCCCCC(C)Nc1ncnc(NC)c1CCC. The van der Waals surface area contributed by atoms with E-state index in [0.29, 0.717) is 6.04 Å². The lowest BCUT2D eigenvalue weighted by molar-refractivity contribution is 0.592. The average Bonchev–Trinajstić information content (AvgIpc) is 2.45. The average molecular weight is 278 g/mol. The molecule has 2 N–H and O–H groups in total. The largest absolute Gasteiger partial charge is 0.373 e. The van der Waals surface area contributed by atoms with Crippen LogP contribution in [-0.2, 0) is 6.42 Å². The Hall–Kier alpha value is -1.32. The Balaban J connectivity index is 2.61. The molecule has 0 saturated heterocycles. The van der Waals surface area contributed by atoms with Crippen LogP contribution in [0.5, 0.6) is 0 Å². The summed E-state index contributed by atoms with van der Waals surface area (Å²) >= 11 is 0. The molecule has 1 aromatic heterocycles. The van der Waals surface area contributed by atoms with Crippen molar-refractivity contribution in [1.29, 1.82) is 0 Å². The predicted octanol–water partition coefficient (Wildman–Crippen LogP) is 4.24. The van der Waals surface area contributed by atoms with Crippen LogP contribution in [-0.4, -0.2) is 23.1 Å². The van der Waals surface area contributed by atoms with Crippen LogP contribution in [0.2, 0.25) is 0 Å². The smallest absolute Gasteiger partial charge is 0.134 e. The minimum absolute atomic E-state index is 0.460. The molecule has 114 valence electrons. The van der Waals surface area contributed by atoms with Gasteiger partial charge in [0.15, 0.2) is 0 Å². The molecule has 1 aromatic rings. The second-order valence-electron chi connectivity index (χ2n) is 5.44.